The van der Waals surface area contributed by atoms with E-state index in [2.05, 4.69) is 10.6 Å². The van der Waals surface area contributed by atoms with Crippen molar-refractivity contribution in [2.45, 2.75) is 104 Å². The van der Waals surface area contributed by atoms with Crippen LogP contribution in [0.15, 0.2) is 54.6 Å². The van der Waals surface area contributed by atoms with E-state index in [1.54, 1.807) is 59.7 Å². The van der Waals surface area contributed by atoms with Crippen LogP contribution in [-0.2, 0) is 30.3 Å². The number of nitrogens with zero attached hydrogens (tertiary/aromatic N) is 1. The highest BCUT2D eigenvalue weighted by Gasteiger charge is 2.48. The molecule has 1 fully saturated rings. The molecule has 234 valence electrons. The molecule has 1 aliphatic carbocycles. The van der Waals surface area contributed by atoms with Crippen molar-refractivity contribution < 1.29 is 33.8 Å². The molecule has 5 atom stereocenters. The Morgan fingerprint density at radius 3 is 2.00 bits per heavy atom. The number of nitrogens with one attached hydrogen (secondary N) is 2. The SMILES string of the molecule is CC(NC(=O)OC(C)(C)C)C(=O)N(C(C(=O)NC(Cc1ccccc1)C(=O)OC(C)(C)C)c1ccccc1O)C1CC1C. The molecule has 43 heavy (non-hydrogen) atoms. The van der Waals surface area contributed by atoms with Gasteiger partial charge >= 0.3 is 12.1 Å². The minimum atomic E-state index is -1.30. The molecule has 0 aliphatic heterocycles. The van der Waals surface area contributed by atoms with Crippen molar-refractivity contribution in [3.8, 4) is 5.75 Å². The Labute approximate surface area is 254 Å². The third kappa shape index (κ3) is 9.73. The second-order valence-electron chi connectivity index (χ2n) is 13.1. The summed E-state index contributed by atoms with van der Waals surface area (Å²) in [5.41, 5.74) is -0.580. The Kier molecular flexibility index (Phi) is 10.5. The average molecular weight is 596 g/mol. The van der Waals surface area contributed by atoms with E-state index in [-0.39, 0.29) is 29.7 Å². The van der Waals surface area contributed by atoms with Gasteiger partial charge in [0.2, 0.25) is 11.8 Å². The molecule has 2 aromatic carbocycles. The van der Waals surface area contributed by atoms with Crippen LogP contribution in [0.4, 0.5) is 4.79 Å². The van der Waals surface area contributed by atoms with Gasteiger partial charge in [-0.15, -0.1) is 0 Å². The molecule has 0 spiro atoms. The number of rotatable bonds is 10. The molecule has 1 aliphatic rings. The van der Waals surface area contributed by atoms with Crippen LogP contribution in [0.1, 0.15) is 79.0 Å². The van der Waals surface area contributed by atoms with Crippen LogP contribution in [0.3, 0.4) is 0 Å². The number of hydrogen-bond acceptors (Lipinski definition) is 7. The van der Waals surface area contributed by atoms with Crippen LogP contribution < -0.4 is 10.6 Å². The highest BCUT2D eigenvalue weighted by atomic mass is 16.6. The van der Waals surface area contributed by atoms with Crippen molar-refractivity contribution >= 4 is 23.9 Å². The van der Waals surface area contributed by atoms with Gasteiger partial charge in [-0.25, -0.2) is 9.59 Å². The second-order valence-corrected chi connectivity index (χ2v) is 13.1. The number of carbonyl (C=O) groups is 4. The van der Waals surface area contributed by atoms with Gasteiger partial charge in [0, 0.05) is 18.0 Å². The van der Waals surface area contributed by atoms with E-state index in [9.17, 15) is 24.3 Å². The Bertz CT molecular complexity index is 1300. The summed E-state index contributed by atoms with van der Waals surface area (Å²) in [4.78, 5) is 55.5. The lowest BCUT2D eigenvalue weighted by Gasteiger charge is -2.35. The van der Waals surface area contributed by atoms with E-state index < -0.39 is 53.2 Å². The lowest BCUT2D eigenvalue weighted by Crippen LogP contribution is -2.55. The van der Waals surface area contributed by atoms with Crippen molar-refractivity contribution in [1.82, 2.24) is 15.5 Å². The minimum absolute atomic E-state index is 0.0739. The first-order valence-corrected chi connectivity index (χ1v) is 14.6. The summed E-state index contributed by atoms with van der Waals surface area (Å²) in [5, 5.41) is 16.3. The van der Waals surface area contributed by atoms with Gasteiger partial charge in [-0.3, -0.25) is 9.59 Å². The summed E-state index contributed by atoms with van der Waals surface area (Å²) in [6.45, 7) is 13.8. The zero-order valence-corrected chi connectivity index (χ0v) is 26.3. The number of phenols is 1. The lowest BCUT2D eigenvalue weighted by molar-refractivity contribution is -0.159. The van der Waals surface area contributed by atoms with Gasteiger partial charge in [-0.2, -0.15) is 0 Å². The summed E-state index contributed by atoms with van der Waals surface area (Å²) in [6, 6.07) is 11.7. The monoisotopic (exact) mass is 595 g/mol. The maximum Gasteiger partial charge on any atom is 0.408 e. The third-order valence-corrected chi connectivity index (χ3v) is 6.83. The number of alkyl carbamates (subject to hydrolysis) is 1. The predicted octanol–water partition coefficient (Wildman–Crippen LogP) is 4.65. The molecule has 2 aromatic rings. The average Bonchev–Trinajstić information content (AvgIpc) is 3.61. The molecule has 1 saturated carbocycles. The van der Waals surface area contributed by atoms with Gasteiger partial charge in [0.1, 0.15) is 35.1 Å². The Balaban J connectivity index is 2.00. The van der Waals surface area contributed by atoms with Crippen molar-refractivity contribution in [3.63, 3.8) is 0 Å². The zero-order chi connectivity index (χ0) is 32.1. The van der Waals surface area contributed by atoms with Crippen LogP contribution in [0.25, 0.3) is 0 Å². The van der Waals surface area contributed by atoms with Gasteiger partial charge in [-0.05, 0) is 72.4 Å². The summed E-state index contributed by atoms with van der Waals surface area (Å²) in [5.74, 6) is -1.92. The summed E-state index contributed by atoms with van der Waals surface area (Å²) in [6.07, 6.45) is 0.00906. The maximum atomic E-state index is 14.2. The number of carbonyl (C=O) groups excluding carboxylic acids is 4. The number of ether oxygens (including phenoxy) is 2. The van der Waals surface area contributed by atoms with Gasteiger partial charge in [-0.1, -0.05) is 55.5 Å². The number of esters is 1. The van der Waals surface area contributed by atoms with Gasteiger partial charge in [0.05, 0.1) is 0 Å². The molecule has 0 radical (unpaired) electrons. The quantitative estimate of drug-likeness (QED) is 0.340. The van der Waals surface area contributed by atoms with Crippen LogP contribution >= 0.6 is 0 Å². The molecule has 3 N–H and O–H groups in total. The molecular formula is C33H45N3O7. The summed E-state index contributed by atoms with van der Waals surface area (Å²) < 4.78 is 11.0. The lowest BCUT2D eigenvalue weighted by atomic mass is 9.99. The van der Waals surface area contributed by atoms with E-state index in [0.717, 1.165) is 5.56 Å². The summed E-state index contributed by atoms with van der Waals surface area (Å²) >= 11 is 0. The number of aromatic hydroxyl groups is 1. The van der Waals surface area contributed by atoms with E-state index >= 15 is 0 Å². The first-order valence-electron chi connectivity index (χ1n) is 14.6. The molecular weight excluding hydrogens is 550 g/mol. The van der Waals surface area contributed by atoms with Gasteiger partial charge < -0.3 is 30.1 Å². The fourth-order valence-corrected chi connectivity index (χ4v) is 4.74. The first kappa shape index (κ1) is 33.4. The van der Waals surface area contributed by atoms with Crippen molar-refractivity contribution in [2.24, 2.45) is 5.92 Å². The van der Waals surface area contributed by atoms with Crippen LogP contribution in [0.2, 0.25) is 0 Å². The Morgan fingerprint density at radius 2 is 1.47 bits per heavy atom. The summed E-state index contributed by atoms with van der Waals surface area (Å²) in [7, 11) is 0. The number of hydrogen-bond donors (Lipinski definition) is 3. The number of phenolic OH excluding ortho intramolecular Hbond substituents is 1. The highest BCUT2D eigenvalue weighted by Crippen LogP contribution is 2.42. The van der Waals surface area contributed by atoms with Crippen molar-refractivity contribution in [1.29, 1.82) is 0 Å². The molecule has 10 nitrogen and oxygen atoms in total. The minimum Gasteiger partial charge on any atom is -0.508 e. The molecule has 3 amide bonds. The Morgan fingerprint density at radius 1 is 0.907 bits per heavy atom. The molecule has 5 unspecified atom stereocenters. The fraction of sp³-hybridized carbons (Fsp3) is 0.515. The van der Waals surface area contributed by atoms with E-state index in [4.69, 9.17) is 9.47 Å². The number of benzene rings is 2. The maximum absolute atomic E-state index is 14.2. The van der Waals surface area contributed by atoms with E-state index in [1.807, 2.05) is 37.3 Å². The third-order valence-electron chi connectivity index (χ3n) is 6.83. The second kappa shape index (κ2) is 13.5. The molecule has 10 heteroatoms. The zero-order valence-electron chi connectivity index (χ0n) is 26.3. The fourth-order valence-electron chi connectivity index (χ4n) is 4.74. The standard InChI is InChI=1S/C33H45N3O7/c1-20-18-25(20)36(29(39)21(2)34-31(41)43-33(6,7)8)27(23-16-12-13-17-26(23)37)28(38)35-24(30(40)42-32(3,4)5)19-22-14-10-9-11-15-22/h9-17,20-21,24-25,27,37H,18-19H2,1-8H3,(H,34,41)(H,35,38). The van der Waals surface area contributed by atoms with Crippen molar-refractivity contribution in [2.75, 3.05) is 0 Å². The smallest absolute Gasteiger partial charge is 0.408 e. The largest absolute Gasteiger partial charge is 0.508 e. The van der Waals surface area contributed by atoms with Crippen LogP contribution in [-0.4, -0.2) is 63.2 Å². The first-order chi connectivity index (χ1) is 20.0. The van der Waals surface area contributed by atoms with E-state index in [1.165, 1.54) is 17.9 Å². The Hall–Kier alpha value is -4.08. The molecule has 3 rings (SSSR count). The van der Waals surface area contributed by atoms with E-state index in [0.29, 0.717) is 6.42 Å². The molecule has 0 saturated heterocycles. The normalized spacial score (nSPS) is 18.4. The van der Waals surface area contributed by atoms with Gasteiger partial charge in [0.25, 0.3) is 0 Å². The predicted molar refractivity (Wildman–Crippen MR) is 162 cm³/mol. The molecule has 0 heterocycles. The van der Waals surface area contributed by atoms with Crippen LogP contribution in [0, 0.1) is 5.92 Å². The van der Waals surface area contributed by atoms with Crippen molar-refractivity contribution in [3.05, 3.63) is 65.7 Å². The molecule has 0 aromatic heterocycles. The number of para-hydroxylation sites is 1. The van der Waals surface area contributed by atoms with Gasteiger partial charge in [0.15, 0.2) is 0 Å². The number of amides is 3. The topological polar surface area (TPSA) is 134 Å². The van der Waals surface area contributed by atoms with Crippen LogP contribution in [0.5, 0.6) is 5.75 Å². The highest BCUT2D eigenvalue weighted by molar-refractivity contribution is 5.94. The molecule has 0 bridgehead atoms.